The predicted octanol–water partition coefficient (Wildman–Crippen LogP) is 5.93. The lowest BCUT2D eigenvalue weighted by Crippen LogP contribution is -2.50. The van der Waals surface area contributed by atoms with Crippen LogP contribution in [0.25, 0.3) is 0 Å². The van der Waals surface area contributed by atoms with Gasteiger partial charge in [0.1, 0.15) is 0 Å². The second-order valence-electron chi connectivity index (χ2n) is 11.5. The Labute approximate surface area is 213 Å². The fourth-order valence-electron chi connectivity index (χ4n) is 8.17. The van der Waals surface area contributed by atoms with Crippen molar-refractivity contribution in [2.75, 3.05) is 12.3 Å². The minimum atomic E-state index is -1.82. The summed E-state index contributed by atoms with van der Waals surface area (Å²) in [6, 6.07) is 2.23. The van der Waals surface area contributed by atoms with Gasteiger partial charge in [-0.1, -0.05) is 25.5 Å². The van der Waals surface area contributed by atoms with E-state index in [0.717, 1.165) is 36.0 Å². The number of hydrogen-bond donors (Lipinski definition) is 3. The number of fused-ring (bicyclic) bond motifs is 5. The second-order valence-corrected chi connectivity index (χ2v) is 12.8. The molecule has 4 aliphatic rings. The molecule has 194 valence electrons. The van der Waals surface area contributed by atoms with Crippen LogP contribution in [0.2, 0.25) is 0 Å². The van der Waals surface area contributed by atoms with E-state index < -0.39 is 11.9 Å². The van der Waals surface area contributed by atoms with E-state index >= 15 is 0 Å². The summed E-state index contributed by atoms with van der Waals surface area (Å²) in [4.78, 5) is 18.2. The summed E-state index contributed by atoms with van der Waals surface area (Å²) < 4.78 is 5.47. The molecule has 0 bridgehead atoms. The van der Waals surface area contributed by atoms with Crippen molar-refractivity contribution in [3.8, 4) is 0 Å². The fraction of sp³-hybridized carbons (Fsp3) is 0.714. The minimum Gasteiger partial charge on any atom is -0.473 e. The Bertz CT molecular complexity index is 918. The predicted molar refractivity (Wildman–Crippen MR) is 138 cm³/mol. The third-order valence-corrected chi connectivity index (χ3v) is 11.2. The topological polar surface area (TPSA) is 114 Å². The molecule has 1 aromatic heterocycles. The first kappa shape index (κ1) is 26.3. The van der Waals surface area contributed by atoms with Crippen molar-refractivity contribution < 1.29 is 24.2 Å². The van der Waals surface area contributed by atoms with E-state index in [2.05, 4.69) is 37.8 Å². The average molecular weight is 504 g/mol. The summed E-state index contributed by atoms with van der Waals surface area (Å²) in [5, 5.41) is 15.5. The maximum absolute atomic E-state index is 9.10. The SMILES string of the molecule is C[C@]12CC[C@H]3[C@@H](CCC4=C[C@@H](SCCCN)CC[C@@]43C)[C@@H]1CC[C@@H]2c1ccoc1.O=C(O)C(=O)O. The lowest BCUT2D eigenvalue weighted by Gasteiger charge is -2.58. The van der Waals surface area contributed by atoms with E-state index in [-0.39, 0.29) is 0 Å². The van der Waals surface area contributed by atoms with Crippen molar-refractivity contribution in [1.29, 1.82) is 0 Å². The number of rotatable bonds is 5. The summed E-state index contributed by atoms with van der Waals surface area (Å²) in [7, 11) is 0. The van der Waals surface area contributed by atoms with E-state index in [0.29, 0.717) is 16.7 Å². The van der Waals surface area contributed by atoms with E-state index in [1.807, 2.05) is 18.1 Å². The van der Waals surface area contributed by atoms with Crippen molar-refractivity contribution >= 4 is 23.7 Å². The van der Waals surface area contributed by atoms with Crippen LogP contribution in [0.15, 0.2) is 34.7 Å². The van der Waals surface area contributed by atoms with Gasteiger partial charge in [0.05, 0.1) is 12.5 Å². The van der Waals surface area contributed by atoms with E-state index in [4.69, 9.17) is 30.0 Å². The molecule has 0 spiro atoms. The Morgan fingerprint density at radius 2 is 1.86 bits per heavy atom. The minimum absolute atomic E-state index is 0.475. The number of carbonyl (C=O) groups is 2. The highest BCUT2D eigenvalue weighted by molar-refractivity contribution is 8.00. The Morgan fingerprint density at radius 3 is 2.51 bits per heavy atom. The molecular weight excluding hydrogens is 462 g/mol. The molecule has 7 heteroatoms. The number of nitrogens with two attached hydrogens (primary N) is 1. The van der Waals surface area contributed by atoms with E-state index in [1.54, 1.807) is 0 Å². The summed E-state index contributed by atoms with van der Waals surface area (Å²) >= 11 is 2.15. The average Bonchev–Trinajstić information content (AvgIpc) is 3.47. The third kappa shape index (κ3) is 5.08. The van der Waals surface area contributed by atoms with Gasteiger partial charge < -0.3 is 20.4 Å². The molecule has 4 aliphatic carbocycles. The number of carboxylic acids is 2. The van der Waals surface area contributed by atoms with Crippen LogP contribution in [0.3, 0.4) is 0 Å². The molecule has 0 aromatic carbocycles. The molecule has 0 radical (unpaired) electrons. The summed E-state index contributed by atoms with van der Waals surface area (Å²) in [5.74, 6) is 1.06. The van der Waals surface area contributed by atoms with Crippen LogP contribution in [-0.2, 0) is 9.59 Å². The van der Waals surface area contributed by atoms with Gasteiger partial charge in [-0.15, -0.1) is 0 Å². The highest BCUT2D eigenvalue weighted by Crippen LogP contribution is 2.68. The smallest absolute Gasteiger partial charge is 0.414 e. The molecule has 0 saturated heterocycles. The number of hydrogen-bond acceptors (Lipinski definition) is 5. The molecule has 0 unspecified atom stereocenters. The van der Waals surface area contributed by atoms with Gasteiger partial charge in [-0.25, -0.2) is 9.59 Å². The molecule has 4 N–H and O–H groups in total. The summed E-state index contributed by atoms with van der Waals surface area (Å²) in [6.45, 7) is 6.09. The van der Waals surface area contributed by atoms with Crippen molar-refractivity contribution in [2.24, 2.45) is 34.3 Å². The lowest BCUT2D eigenvalue weighted by atomic mass is 9.46. The Kier molecular flexibility index (Phi) is 8.06. The van der Waals surface area contributed by atoms with Crippen molar-refractivity contribution in [3.63, 3.8) is 0 Å². The number of thioether (sulfide) groups is 1. The maximum Gasteiger partial charge on any atom is 0.414 e. The van der Waals surface area contributed by atoms with Crippen LogP contribution in [0.5, 0.6) is 0 Å². The fourth-order valence-corrected chi connectivity index (χ4v) is 9.35. The molecule has 6 nitrogen and oxygen atoms in total. The van der Waals surface area contributed by atoms with Crippen molar-refractivity contribution in [3.05, 3.63) is 35.8 Å². The molecule has 1 heterocycles. The van der Waals surface area contributed by atoms with E-state index in [1.165, 1.54) is 62.7 Å². The van der Waals surface area contributed by atoms with Crippen LogP contribution in [-0.4, -0.2) is 39.7 Å². The number of furan rings is 1. The largest absolute Gasteiger partial charge is 0.473 e. The highest BCUT2D eigenvalue weighted by Gasteiger charge is 2.59. The molecule has 5 rings (SSSR count). The standard InChI is InChI=1S/C26H39NOS.C2H2O4/c1-25-11-8-20(29-15-3-13-27)16-19(25)4-5-21-23-7-6-22(18-10-14-28-17-18)26(23,2)12-9-24(21)25;3-1(4)2(5)6/h10,14,16-17,20-24H,3-9,11-13,15,27H2,1-2H3;(H,3,4)(H,5,6)/t20-,21-,22+,23-,24-,25-,26+;/m0./s1. The molecule has 0 aliphatic heterocycles. The van der Waals surface area contributed by atoms with Crippen LogP contribution in [0.4, 0.5) is 0 Å². The van der Waals surface area contributed by atoms with Gasteiger partial charge in [-0.2, -0.15) is 11.8 Å². The summed E-state index contributed by atoms with van der Waals surface area (Å²) in [6.07, 6.45) is 19.0. The monoisotopic (exact) mass is 503 g/mol. The second kappa shape index (κ2) is 10.7. The van der Waals surface area contributed by atoms with Crippen LogP contribution in [0.1, 0.15) is 83.1 Å². The van der Waals surface area contributed by atoms with Gasteiger partial charge in [0.2, 0.25) is 0 Å². The molecule has 1 aromatic rings. The van der Waals surface area contributed by atoms with Crippen molar-refractivity contribution in [2.45, 2.75) is 82.8 Å². The first-order valence-corrected chi connectivity index (χ1v) is 14.3. The number of carboxylic acid groups (broad SMARTS) is 2. The molecule has 3 fully saturated rings. The van der Waals surface area contributed by atoms with Gasteiger partial charge in [-0.05, 0) is 116 Å². The molecule has 35 heavy (non-hydrogen) atoms. The number of aliphatic carboxylic acids is 2. The molecule has 0 amide bonds. The molecule has 7 atom stereocenters. The first-order valence-electron chi connectivity index (χ1n) is 13.2. The normalized spacial score (nSPS) is 37.7. The van der Waals surface area contributed by atoms with Crippen LogP contribution < -0.4 is 5.73 Å². The van der Waals surface area contributed by atoms with Gasteiger partial charge in [0, 0.05) is 5.25 Å². The summed E-state index contributed by atoms with van der Waals surface area (Å²) in [5.41, 5.74) is 9.95. The van der Waals surface area contributed by atoms with Gasteiger partial charge in [0.15, 0.2) is 0 Å². The molecule has 3 saturated carbocycles. The zero-order valence-corrected chi connectivity index (χ0v) is 21.9. The van der Waals surface area contributed by atoms with Gasteiger partial charge in [-0.3, -0.25) is 0 Å². The van der Waals surface area contributed by atoms with Gasteiger partial charge in [0.25, 0.3) is 0 Å². The zero-order chi connectivity index (χ0) is 25.2. The lowest BCUT2D eigenvalue weighted by molar-refractivity contribution is -0.159. The van der Waals surface area contributed by atoms with Crippen molar-refractivity contribution in [1.82, 2.24) is 0 Å². The van der Waals surface area contributed by atoms with Crippen LogP contribution >= 0.6 is 11.8 Å². The quantitative estimate of drug-likeness (QED) is 0.259. The third-order valence-electron chi connectivity index (χ3n) is 9.88. The first-order chi connectivity index (χ1) is 16.7. The highest BCUT2D eigenvalue weighted by atomic mass is 32.2. The van der Waals surface area contributed by atoms with Crippen LogP contribution in [0, 0.1) is 28.6 Å². The zero-order valence-electron chi connectivity index (χ0n) is 21.1. The Morgan fingerprint density at radius 1 is 1.09 bits per heavy atom. The molecular formula is C28H41NO5S. The Hall–Kier alpha value is -1.73. The van der Waals surface area contributed by atoms with Gasteiger partial charge >= 0.3 is 11.9 Å². The Balaban J connectivity index is 0.000000431. The maximum atomic E-state index is 9.10. The number of allylic oxidation sites excluding steroid dienone is 1. The van der Waals surface area contributed by atoms with E-state index in [9.17, 15) is 0 Å².